The lowest BCUT2D eigenvalue weighted by Gasteiger charge is -2.42. The van der Waals surface area contributed by atoms with E-state index in [1.807, 2.05) is 13.1 Å². The molecule has 0 unspecified atom stereocenters. The van der Waals surface area contributed by atoms with E-state index in [4.69, 9.17) is 5.73 Å². The summed E-state index contributed by atoms with van der Waals surface area (Å²) in [5.41, 5.74) is 6.62. The number of amides is 2. The molecule has 1 saturated heterocycles. The van der Waals surface area contributed by atoms with Gasteiger partial charge in [0.05, 0.1) is 6.04 Å². The van der Waals surface area contributed by atoms with E-state index in [1.165, 1.54) is 64.2 Å². The molecule has 2 heterocycles. The Morgan fingerprint density at radius 2 is 1.65 bits per heavy atom. The number of pyridine rings is 1. The number of hydrogen-bond acceptors (Lipinski definition) is 5. The van der Waals surface area contributed by atoms with Crippen molar-refractivity contribution in [1.29, 1.82) is 0 Å². The molecule has 2 amide bonds. The molecule has 0 spiro atoms. The van der Waals surface area contributed by atoms with Gasteiger partial charge >= 0.3 is 0 Å². The first kappa shape index (κ1) is 25.0. The van der Waals surface area contributed by atoms with Gasteiger partial charge in [-0.1, -0.05) is 70.3 Å². The predicted molar refractivity (Wildman–Crippen MR) is 135 cm³/mol. The number of likely N-dealkylation sites (N-methyl/N-ethyl adjacent to an activating group) is 1. The van der Waals surface area contributed by atoms with Crippen molar-refractivity contribution in [1.82, 2.24) is 20.5 Å². The number of carbonyl (C=O) groups excluding carboxylic acids is 2. The lowest BCUT2D eigenvalue weighted by molar-refractivity contribution is -0.134. The van der Waals surface area contributed by atoms with Gasteiger partial charge in [0, 0.05) is 12.7 Å². The highest BCUT2D eigenvalue weighted by Crippen LogP contribution is 2.42. The average molecular weight is 470 g/mol. The zero-order valence-electron chi connectivity index (χ0n) is 20.8. The average Bonchev–Trinajstić information content (AvgIpc) is 3.30. The van der Waals surface area contributed by atoms with Crippen molar-refractivity contribution in [3.8, 4) is 0 Å². The fraction of sp³-hybridized carbons (Fsp3) is 0.741. The van der Waals surface area contributed by atoms with Gasteiger partial charge in [-0.2, -0.15) is 0 Å². The van der Waals surface area contributed by atoms with Crippen LogP contribution in [0.2, 0.25) is 0 Å². The maximum atomic E-state index is 13.8. The number of likely N-dealkylation sites (tertiary alicyclic amines) is 1. The van der Waals surface area contributed by atoms with E-state index >= 15 is 0 Å². The molecular weight excluding hydrogens is 426 g/mol. The summed E-state index contributed by atoms with van der Waals surface area (Å²) in [6.45, 7) is 1.33. The Labute approximate surface area is 204 Å². The predicted octanol–water partition coefficient (Wildman–Crippen LogP) is 3.64. The Hall–Kier alpha value is -2.15. The van der Waals surface area contributed by atoms with Gasteiger partial charge in [0.1, 0.15) is 11.9 Å². The van der Waals surface area contributed by atoms with E-state index in [0.29, 0.717) is 24.2 Å². The standard InChI is InChI=1S/C27H43N5O2/c1-32-16-8-13-22(32)26(33)31-25(27(34)30-18-19-14-15-23(28)29-17-19)24(20-9-4-2-5-10-20)21-11-6-3-7-12-21/h14-15,17,20-22,24-25H,2-13,16,18H2,1H3,(H2,28,29)(H,30,34)(H,31,33)/t22-,25+/m0/s1. The molecule has 3 aliphatic rings. The molecule has 4 N–H and O–H groups in total. The number of nitrogens with two attached hydrogens (primary N) is 1. The minimum absolute atomic E-state index is 0.0194. The van der Waals surface area contributed by atoms with Gasteiger partial charge in [-0.15, -0.1) is 0 Å². The van der Waals surface area contributed by atoms with Gasteiger partial charge in [-0.25, -0.2) is 4.98 Å². The number of rotatable bonds is 8. The molecule has 3 fully saturated rings. The summed E-state index contributed by atoms with van der Waals surface area (Å²) < 4.78 is 0. The third kappa shape index (κ3) is 6.29. The van der Waals surface area contributed by atoms with Crippen molar-refractivity contribution in [2.45, 2.75) is 95.7 Å². The van der Waals surface area contributed by atoms with Crippen LogP contribution in [0.25, 0.3) is 0 Å². The molecule has 1 aromatic heterocycles. The third-order valence-corrected chi connectivity index (χ3v) is 8.49. The van der Waals surface area contributed by atoms with Crippen LogP contribution in [0.3, 0.4) is 0 Å². The normalized spacial score (nSPS) is 23.6. The van der Waals surface area contributed by atoms with Crippen molar-refractivity contribution < 1.29 is 9.59 Å². The minimum atomic E-state index is -0.477. The van der Waals surface area contributed by atoms with Crippen molar-refractivity contribution >= 4 is 17.6 Å². The highest BCUT2D eigenvalue weighted by atomic mass is 16.2. The topological polar surface area (TPSA) is 100 Å². The number of aromatic nitrogens is 1. The molecule has 0 aromatic carbocycles. The summed E-state index contributed by atoms with van der Waals surface area (Å²) in [6, 6.07) is 3.04. The molecule has 1 aromatic rings. The molecule has 188 valence electrons. The number of nitrogen functional groups attached to an aromatic ring is 1. The molecule has 2 atom stereocenters. The van der Waals surface area contributed by atoms with Crippen LogP contribution in [0.5, 0.6) is 0 Å². The second-order valence-electron chi connectivity index (χ2n) is 10.8. The lowest BCUT2D eigenvalue weighted by atomic mass is 9.66. The zero-order chi connectivity index (χ0) is 23.9. The molecule has 2 aliphatic carbocycles. The minimum Gasteiger partial charge on any atom is -0.384 e. The first-order valence-corrected chi connectivity index (χ1v) is 13.5. The highest BCUT2D eigenvalue weighted by Gasteiger charge is 2.42. The maximum absolute atomic E-state index is 13.8. The van der Waals surface area contributed by atoms with Crippen molar-refractivity contribution in [3.05, 3.63) is 23.9 Å². The van der Waals surface area contributed by atoms with Gasteiger partial charge in [0.25, 0.3) is 0 Å². The largest absolute Gasteiger partial charge is 0.384 e. The highest BCUT2D eigenvalue weighted by molar-refractivity contribution is 5.90. The van der Waals surface area contributed by atoms with Crippen molar-refractivity contribution in [3.63, 3.8) is 0 Å². The monoisotopic (exact) mass is 469 g/mol. The van der Waals surface area contributed by atoms with Crippen LogP contribution in [0.4, 0.5) is 5.82 Å². The van der Waals surface area contributed by atoms with Crippen LogP contribution in [-0.2, 0) is 16.1 Å². The number of hydrogen-bond donors (Lipinski definition) is 3. The van der Waals surface area contributed by atoms with E-state index < -0.39 is 6.04 Å². The molecule has 1 aliphatic heterocycles. The summed E-state index contributed by atoms with van der Waals surface area (Å²) >= 11 is 0. The van der Waals surface area contributed by atoms with E-state index in [0.717, 1.165) is 24.9 Å². The Morgan fingerprint density at radius 3 is 2.18 bits per heavy atom. The second-order valence-corrected chi connectivity index (χ2v) is 10.8. The van der Waals surface area contributed by atoms with Gasteiger partial charge in [-0.05, 0) is 55.8 Å². The van der Waals surface area contributed by atoms with Gasteiger partial charge < -0.3 is 16.4 Å². The van der Waals surface area contributed by atoms with Crippen LogP contribution in [0.15, 0.2) is 18.3 Å². The zero-order valence-corrected chi connectivity index (χ0v) is 20.8. The number of nitrogens with zero attached hydrogens (tertiary/aromatic N) is 2. The fourth-order valence-corrected chi connectivity index (χ4v) is 6.63. The SMILES string of the molecule is CN1CCC[C@H]1C(=O)N[C@@H](C(=O)NCc1ccc(N)nc1)C(C1CCCCC1)C1CCCCC1. The molecule has 2 saturated carbocycles. The molecule has 0 radical (unpaired) electrons. The second kappa shape index (κ2) is 12.0. The van der Waals surface area contributed by atoms with Crippen LogP contribution in [0, 0.1) is 17.8 Å². The summed E-state index contributed by atoms with van der Waals surface area (Å²) in [5.74, 6) is 1.66. The summed E-state index contributed by atoms with van der Waals surface area (Å²) in [5, 5.41) is 6.44. The fourth-order valence-electron chi connectivity index (χ4n) is 6.63. The first-order chi connectivity index (χ1) is 16.5. The number of anilines is 1. The van der Waals surface area contributed by atoms with E-state index in [1.54, 1.807) is 12.3 Å². The van der Waals surface area contributed by atoms with E-state index in [9.17, 15) is 9.59 Å². The van der Waals surface area contributed by atoms with Gasteiger partial charge in [-0.3, -0.25) is 14.5 Å². The quantitative estimate of drug-likeness (QED) is 0.540. The van der Waals surface area contributed by atoms with Gasteiger partial charge in [0.15, 0.2) is 0 Å². The Morgan fingerprint density at radius 1 is 1.00 bits per heavy atom. The maximum Gasteiger partial charge on any atom is 0.243 e. The third-order valence-electron chi connectivity index (χ3n) is 8.49. The number of carbonyl (C=O) groups is 2. The van der Waals surface area contributed by atoms with Crippen LogP contribution in [0.1, 0.15) is 82.6 Å². The smallest absolute Gasteiger partial charge is 0.243 e. The Balaban J connectivity index is 1.55. The Bertz CT molecular complexity index is 784. The summed E-state index contributed by atoms with van der Waals surface area (Å²) in [4.78, 5) is 33.4. The van der Waals surface area contributed by atoms with Crippen LogP contribution in [-0.4, -0.2) is 47.4 Å². The van der Waals surface area contributed by atoms with E-state index in [-0.39, 0.29) is 23.8 Å². The first-order valence-electron chi connectivity index (χ1n) is 13.5. The van der Waals surface area contributed by atoms with Crippen molar-refractivity contribution in [2.75, 3.05) is 19.3 Å². The Kier molecular flexibility index (Phi) is 8.81. The van der Waals surface area contributed by atoms with Gasteiger partial charge in [0.2, 0.25) is 11.8 Å². The molecule has 0 bridgehead atoms. The van der Waals surface area contributed by atoms with E-state index in [2.05, 4.69) is 20.5 Å². The molecule has 7 heteroatoms. The molecular formula is C27H43N5O2. The van der Waals surface area contributed by atoms with Crippen LogP contribution >= 0.6 is 0 Å². The summed E-state index contributed by atoms with van der Waals surface area (Å²) in [7, 11) is 2.01. The lowest BCUT2D eigenvalue weighted by Crippen LogP contribution is -2.57. The number of nitrogens with one attached hydrogen (secondary N) is 2. The molecule has 34 heavy (non-hydrogen) atoms. The van der Waals surface area contributed by atoms with Crippen LogP contribution < -0.4 is 16.4 Å². The molecule has 7 nitrogen and oxygen atoms in total. The molecule has 4 rings (SSSR count). The van der Waals surface area contributed by atoms with Crippen molar-refractivity contribution in [2.24, 2.45) is 17.8 Å². The summed E-state index contributed by atoms with van der Waals surface area (Å²) in [6.07, 6.45) is 15.8.